The summed E-state index contributed by atoms with van der Waals surface area (Å²) < 4.78 is 20.7. The maximum absolute atomic E-state index is 13.1. The zero-order valence-corrected chi connectivity index (χ0v) is 16.4. The number of Topliss-reactive ketones (excluding diaryl/α,β-unsaturated/α-hetero) is 1. The molecule has 3 aromatic rings. The van der Waals surface area contributed by atoms with Crippen LogP contribution in [-0.2, 0) is 6.54 Å². The van der Waals surface area contributed by atoms with Gasteiger partial charge >= 0.3 is 0 Å². The molecule has 0 unspecified atom stereocenters. The molecule has 0 aliphatic carbocycles. The Balaban J connectivity index is 1.75. The Morgan fingerprint density at radius 1 is 1.07 bits per heavy atom. The normalized spacial score (nSPS) is 10.9. The van der Waals surface area contributed by atoms with E-state index in [0.29, 0.717) is 27.9 Å². The number of aromatic nitrogens is 1. The van der Waals surface area contributed by atoms with Gasteiger partial charge in [-0.05, 0) is 49.7 Å². The van der Waals surface area contributed by atoms with Gasteiger partial charge in [-0.1, -0.05) is 35.3 Å². The van der Waals surface area contributed by atoms with E-state index in [1.54, 1.807) is 30.3 Å². The Kier molecular flexibility index (Phi) is 5.88. The number of benzene rings is 2. The lowest BCUT2D eigenvalue weighted by Crippen LogP contribution is -2.13. The van der Waals surface area contributed by atoms with Crippen LogP contribution in [0.15, 0.2) is 48.5 Å². The minimum absolute atomic E-state index is 0.138. The molecule has 0 fully saturated rings. The van der Waals surface area contributed by atoms with E-state index in [1.807, 2.05) is 24.5 Å². The molecule has 0 spiro atoms. The molecular weight excluding hydrogens is 388 g/mol. The van der Waals surface area contributed by atoms with Crippen LogP contribution >= 0.6 is 23.2 Å². The molecule has 0 N–H and O–H groups in total. The number of carbonyl (C=O) groups is 1. The smallest absolute Gasteiger partial charge is 0.202 e. The summed E-state index contributed by atoms with van der Waals surface area (Å²) in [6.45, 7) is 4.24. The predicted molar refractivity (Wildman–Crippen MR) is 106 cm³/mol. The first kappa shape index (κ1) is 19.5. The lowest BCUT2D eigenvalue weighted by molar-refractivity contribution is 0.0921. The first-order chi connectivity index (χ1) is 12.8. The first-order valence-electron chi connectivity index (χ1n) is 8.37. The quantitative estimate of drug-likeness (QED) is 0.480. The van der Waals surface area contributed by atoms with Crippen LogP contribution in [0.25, 0.3) is 0 Å². The molecule has 0 atom stereocenters. The second-order valence-electron chi connectivity index (χ2n) is 6.28. The topological polar surface area (TPSA) is 31.2 Å². The van der Waals surface area contributed by atoms with E-state index in [0.717, 1.165) is 17.0 Å². The molecule has 3 nitrogen and oxygen atoms in total. The molecule has 1 heterocycles. The molecule has 6 heteroatoms. The number of ketones is 1. The molecule has 0 amide bonds. The van der Waals surface area contributed by atoms with E-state index in [2.05, 4.69) is 0 Å². The number of aryl methyl sites for hydroxylation is 1. The summed E-state index contributed by atoms with van der Waals surface area (Å²) in [7, 11) is 0. The highest BCUT2D eigenvalue weighted by molar-refractivity contribution is 6.34. The number of nitrogens with zero attached hydrogens (tertiary/aromatic N) is 1. The first-order valence-corrected chi connectivity index (χ1v) is 9.13. The van der Waals surface area contributed by atoms with Crippen molar-refractivity contribution in [3.63, 3.8) is 0 Å². The van der Waals surface area contributed by atoms with Gasteiger partial charge in [0.05, 0.1) is 5.02 Å². The lowest BCUT2D eigenvalue weighted by atomic mass is 10.1. The van der Waals surface area contributed by atoms with Gasteiger partial charge in [0.15, 0.2) is 6.61 Å². The third-order valence-electron chi connectivity index (χ3n) is 4.38. The molecule has 0 aliphatic rings. The third-order valence-corrected chi connectivity index (χ3v) is 4.93. The molecular formula is C21H18Cl2FNO2. The molecule has 3 rings (SSSR count). The van der Waals surface area contributed by atoms with Crippen LogP contribution in [0.2, 0.25) is 10.0 Å². The number of rotatable bonds is 6. The summed E-state index contributed by atoms with van der Waals surface area (Å²) in [5.74, 6) is -0.0467. The lowest BCUT2D eigenvalue weighted by Gasteiger charge is -2.11. The highest BCUT2D eigenvalue weighted by Gasteiger charge is 2.17. The van der Waals surface area contributed by atoms with E-state index in [4.69, 9.17) is 27.9 Å². The minimum atomic E-state index is -0.271. The van der Waals surface area contributed by atoms with Gasteiger partial charge in [0.25, 0.3) is 0 Å². The molecule has 0 saturated heterocycles. The number of hydrogen-bond donors (Lipinski definition) is 0. The van der Waals surface area contributed by atoms with Gasteiger partial charge < -0.3 is 9.30 Å². The van der Waals surface area contributed by atoms with Crippen molar-refractivity contribution in [1.29, 1.82) is 0 Å². The van der Waals surface area contributed by atoms with Gasteiger partial charge in [-0.25, -0.2) is 4.39 Å². The maximum Gasteiger partial charge on any atom is 0.202 e. The van der Waals surface area contributed by atoms with Crippen molar-refractivity contribution in [2.24, 2.45) is 0 Å². The largest absolute Gasteiger partial charge is 0.484 e. The summed E-state index contributed by atoms with van der Waals surface area (Å²) in [6.07, 6.45) is 0. The molecule has 27 heavy (non-hydrogen) atoms. The summed E-state index contributed by atoms with van der Waals surface area (Å²) >= 11 is 12.0. The Bertz CT molecular complexity index is 981. The summed E-state index contributed by atoms with van der Waals surface area (Å²) in [5.41, 5.74) is 3.33. The Hall–Kier alpha value is -2.30. The van der Waals surface area contributed by atoms with Gasteiger partial charge in [-0.15, -0.1) is 0 Å². The van der Waals surface area contributed by atoms with Crippen LogP contribution < -0.4 is 4.74 Å². The summed E-state index contributed by atoms with van der Waals surface area (Å²) in [4.78, 5) is 12.6. The maximum atomic E-state index is 13.1. The molecule has 0 saturated carbocycles. The fourth-order valence-electron chi connectivity index (χ4n) is 2.91. The van der Waals surface area contributed by atoms with Gasteiger partial charge in [0.2, 0.25) is 5.78 Å². The van der Waals surface area contributed by atoms with E-state index in [1.165, 1.54) is 12.1 Å². The third kappa shape index (κ3) is 4.52. The van der Waals surface area contributed by atoms with Crippen LogP contribution in [0.4, 0.5) is 4.39 Å². The van der Waals surface area contributed by atoms with Crippen molar-refractivity contribution in [3.8, 4) is 5.75 Å². The molecule has 1 aromatic heterocycles. The van der Waals surface area contributed by atoms with Gasteiger partial charge in [0, 0.05) is 34.6 Å². The Morgan fingerprint density at radius 2 is 1.78 bits per heavy atom. The van der Waals surface area contributed by atoms with E-state index in [-0.39, 0.29) is 18.2 Å². The van der Waals surface area contributed by atoms with Crippen LogP contribution in [0, 0.1) is 19.7 Å². The van der Waals surface area contributed by atoms with Crippen molar-refractivity contribution >= 4 is 29.0 Å². The van der Waals surface area contributed by atoms with Crippen molar-refractivity contribution < 1.29 is 13.9 Å². The predicted octanol–water partition coefficient (Wildman–Crippen LogP) is 5.86. The van der Waals surface area contributed by atoms with E-state index in [9.17, 15) is 9.18 Å². The fourth-order valence-corrected chi connectivity index (χ4v) is 3.24. The monoisotopic (exact) mass is 405 g/mol. The van der Waals surface area contributed by atoms with E-state index < -0.39 is 0 Å². The van der Waals surface area contributed by atoms with Crippen molar-refractivity contribution in [1.82, 2.24) is 4.57 Å². The minimum Gasteiger partial charge on any atom is -0.484 e. The Morgan fingerprint density at radius 3 is 2.48 bits per heavy atom. The fraction of sp³-hybridized carbons (Fsp3) is 0.190. The highest BCUT2D eigenvalue weighted by atomic mass is 35.5. The number of carbonyl (C=O) groups excluding carboxylic acids is 1. The standard InChI is InChI=1S/C21H18Cl2FNO2/c1-13-9-18(14(2)25(13)11-15-3-6-17(24)7-4-15)20(26)12-27-21-10-16(22)5-8-19(21)23/h3-10H,11-12H2,1-2H3. The molecule has 0 radical (unpaired) electrons. The van der Waals surface area contributed by atoms with Gasteiger partial charge in [-0.3, -0.25) is 4.79 Å². The van der Waals surface area contributed by atoms with Gasteiger partial charge in [0.1, 0.15) is 11.6 Å². The number of halogens is 3. The molecule has 140 valence electrons. The second kappa shape index (κ2) is 8.15. The summed E-state index contributed by atoms with van der Waals surface area (Å²) in [5, 5.41) is 0.883. The second-order valence-corrected chi connectivity index (χ2v) is 7.13. The average molecular weight is 406 g/mol. The van der Waals surface area contributed by atoms with Crippen molar-refractivity contribution in [3.05, 3.63) is 86.9 Å². The van der Waals surface area contributed by atoms with Crippen LogP contribution in [0.5, 0.6) is 5.75 Å². The zero-order chi connectivity index (χ0) is 19.6. The number of hydrogen-bond acceptors (Lipinski definition) is 2. The van der Waals surface area contributed by atoms with Crippen LogP contribution in [0.3, 0.4) is 0 Å². The van der Waals surface area contributed by atoms with E-state index >= 15 is 0 Å². The van der Waals surface area contributed by atoms with Crippen LogP contribution in [0.1, 0.15) is 27.3 Å². The van der Waals surface area contributed by atoms with Gasteiger partial charge in [-0.2, -0.15) is 0 Å². The number of ether oxygens (including phenoxy) is 1. The van der Waals surface area contributed by atoms with Crippen LogP contribution in [-0.4, -0.2) is 17.0 Å². The molecule has 2 aromatic carbocycles. The zero-order valence-electron chi connectivity index (χ0n) is 14.9. The van der Waals surface area contributed by atoms with Crippen molar-refractivity contribution in [2.75, 3.05) is 6.61 Å². The SMILES string of the molecule is Cc1cc(C(=O)COc2cc(Cl)ccc2Cl)c(C)n1Cc1ccc(F)cc1. The summed E-state index contributed by atoms with van der Waals surface area (Å²) in [6, 6.07) is 13.0. The average Bonchev–Trinajstić information content (AvgIpc) is 2.92. The van der Waals surface area contributed by atoms with Crippen molar-refractivity contribution in [2.45, 2.75) is 20.4 Å². The molecule has 0 aliphatic heterocycles. The molecule has 0 bridgehead atoms. The Labute approximate surface area is 167 Å². The highest BCUT2D eigenvalue weighted by Crippen LogP contribution is 2.28.